The molecule has 1 aromatic carbocycles. The number of carbonyl (C=O) groups is 5. The number of hydrogen-bond acceptors (Lipinski definition) is 6. The molecule has 12 heteroatoms. The van der Waals surface area contributed by atoms with Crippen LogP contribution in [0.1, 0.15) is 50.2 Å². The largest absolute Gasteiger partial charge is 0.481 e. The fourth-order valence-electron chi connectivity index (χ4n) is 3.75. The van der Waals surface area contributed by atoms with Gasteiger partial charge < -0.3 is 36.9 Å². The summed E-state index contributed by atoms with van der Waals surface area (Å²) in [6.07, 6.45) is 1.93. The van der Waals surface area contributed by atoms with E-state index in [9.17, 15) is 29.1 Å². The van der Waals surface area contributed by atoms with E-state index in [0.29, 0.717) is 6.42 Å². The molecular weight excluding hydrogens is 482 g/mol. The van der Waals surface area contributed by atoms with Crippen molar-refractivity contribution in [2.24, 2.45) is 5.73 Å². The van der Waals surface area contributed by atoms with Gasteiger partial charge in [-0.05, 0) is 43.4 Å². The number of fused-ring (bicyclic) bond motifs is 1. The highest BCUT2D eigenvalue weighted by molar-refractivity contribution is 5.91. The van der Waals surface area contributed by atoms with Gasteiger partial charge in [-0.1, -0.05) is 19.1 Å². The molecule has 37 heavy (non-hydrogen) atoms. The third kappa shape index (κ3) is 9.22. The van der Waals surface area contributed by atoms with E-state index in [4.69, 9.17) is 10.8 Å². The lowest BCUT2D eigenvalue weighted by Crippen LogP contribution is -2.52. The highest BCUT2D eigenvalue weighted by Crippen LogP contribution is 2.21. The molecule has 8 N–H and O–H groups in total. The van der Waals surface area contributed by atoms with Crippen LogP contribution in [0.3, 0.4) is 0 Å². The zero-order valence-electron chi connectivity index (χ0n) is 21.0. The standard InChI is InChI=1S/C25H35N5O7/c1-3-17(26)23(34)30-20(12-15-13-28-19-11-14(2)6-7-16(15)19)24(35)27-10-4-5-18(25(36)37)29-21(31)8-9-22(32)33/h6-7,11,13,17-18,20,28H,3-5,8-10,12,26H2,1-2H3,(H,27,35)(H,29,31)(H,30,34)(H,32,33)(H,36,37)/t17-,18+,20+/m0/s1. The molecule has 0 bridgehead atoms. The minimum atomic E-state index is -1.26. The molecule has 2 rings (SSSR count). The molecule has 0 aliphatic carbocycles. The van der Waals surface area contributed by atoms with E-state index >= 15 is 0 Å². The number of amides is 3. The molecule has 0 radical (unpaired) electrons. The predicted molar refractivity (Wildman–Crippen MR) is 136 cm³/mol. The average molecular weight is 518 g/mol. The maximum Gasteiger partial charge on any atom is 0.326 e. The molecule has 0 aliphatic heterocycles. The maximum absolute atomic E-state index is 13.0. The van der Waals surface area contributed by atoms with Crippen LogP contribution in [0.15, 0.2) is 24.4 Å². The van der Waals surface area contributed by atoms with Crippen molar-refractivity contribution in [1.82, 2.24) is 20.9 Å². The molecule has 0 unspecified atom stereocenters. The van der Waals surface area contributed by atoms with Gasteiger partial charge in [0.25, 0.3) is 0 Å². The zero-order chi connectivity index (χ0) is 27.5. The molecule has 3 atom stereocenters. The molecule has 0 saturated heterocycles. The number of nitrogens with one attached hydrogen (secondary N) is 4. The number of aromatic nitrogens is 1. The number of aliphatic carboxylic acids is 2. The Morgan fingerprint density at radius 2 is 1.76 bits per heavy atom. The average Bonchev–Trinajstić information content (AvgIpc) is 3.24. The molecule has 0 saturated carbocycles. The smallest absolute Gasteiger partial charge is 0.326 e. The summed E-state index contributed by atoms with van der Waals surface area (Å²) in [4.78, 5) is 62.4. The molecule has 3 amide bonds. The number of aryl methyl sites for hydroxylation is 1. The number of nitrogens with two attached hydrogens (primary N) is 1. The van der Waals surface area contributed by atoms with Gasteiger partial charge >= 0.3 is 11.9 Å². The van der Waals surface area contributed by atoms with Crippen LogP contribution in [0.4, 0.5) is 0 Å². The Kier molecular flexibility index (Phi) is 11.1. The Morgan fingerprint density at radius 3 is 2.41 bits per heavy atom. The summed E-state index contributed by atoms with van der Waals surface area (Å²) in [5.74, 6) is -4.00. The van der Waals surface area contributed by atoms with Crippen molar-refractivity contribution in [3.63, 3.8) is 0 Å². The van der Waals surface area contributed by atoms with Crippen molar-refractivity contribution in [1.29, 1.82) is 0 Å². The monoisotopic (exact) mass is 517 g/mol. The van der Waals surface area contributed by atoms with Gasteiger partial charge in [0.05, 0.1) is 12.5 Å². The lowest BCUT2D eigenvalue weighted by Gasteiger charge is -2.21. The Balaban J connectivity index is 2.00. The fourth-order valence-corrected chi connectivity index (χ4v) is 3.75. The lowest BCUT2D eigenvalue weighted by atomic mass is 10.0. The number of rotatable bonds is 15. The van der Waals surface area contributed by atoms with Crippen LogP contribution in [0, 0.1) is 6.92 Å². The van der Waals surface area contributed by atoms with E-state index in [-0.39, 0.29) is 32.2 Å². The highest BCUT2D eigenvalue weighted by Gasteiger charge is 2.25. The minimum absolute atomic E-state index is 0.0218. The van der Waals surface area contributed by atoms with Crippen molar-refractivity contribution >= 4 is 40.6 Å². The number of H-pyrrole nitrogens is 1. The minimum Gasteiger partial charge on any atom is -0.481 e. The summed E-state index contributed by atoms with van der Waals surface area (Å²) < 4.78 is 0. The Hall–Kier alpha value is -3.93. The van der Waals surface area contributed by atoms with Crippen molar-refractivity contribution in [2.75, 3.05) is 6.54 Å². The molecule has 12 nitrogen and oxygen atoms in total. The van der Waals surface area contributed by atoms with E-state index in [2.05, 4.69) is 20.9 Å². The fraction of sp³-hybridized carbons (Fsp3) is 0.480. The number of carboxylic acid groups (broad SMARTS) is 2. The van der Waals surface area contributed by atoms with Gasteiger partial charge in [-0.3, -0.25) is 19.2 Å². The first kappa shape index (κ1) is 29.3. The van der Waals surface area contributed by atoms with Gasteiger partial charge in [-0.2, -0.15) is 0 Å². The third-order valence-corrected chi connectivity index (χ3v) is 5.92. The Morgan fingerprint density at radius 1 is 1.03 bits per heavy atom. The van der Waals surface area contributed by atoms with Gasteiger partial charge in [0.1, 0.15) is 12.1 Å². The van der Waals surface area contributed by atoms with Gasteiger partial charge in [-0.25, -0.2) is 4.79 Å². The first-order valence-electron chi connectivity index (χ1n) is 12.2. The van der Waals surface area contributed by atoms with Crippen LogP contribution in [0.5, 0.6) is 0 Å². The van der Waals surface area contributed by atoms with Crippen LogP contribution in [0.2, 0.25) is 0 Å². The van der Waals surface area contributed by atoms with Crippen LogP contribution in [-0.4, -0.2) is 69.5 Å². The van der Waals surface area contributed by atoms with Crippen molar-refractivity contribution in [2.45, 2.75) is 70.5 Å². The second-order valence-corrected chi connectivity index (χ2v) is 8.93. The van der Waals surface area contributed by atoms with Crippen LogP contribution >= 0.6 is 0 Å². The van der Waals surface area contributed by atoms with E-state index in [1.807, 2.05) is 25.1 Å². The van der Waals surface area contributed by atoms with Gasteiger partial charge in [0.15, 0.2) is 0 Å². The van der Waals surface area contributed by atoms with Gasteiger partial charge in [0, 0.05) is 36.5 Å². The number of carbonyl (C=O) groups excluding carboxylic acids is 3. The number of carboxylic acids is 2. The summed E-state index contributed by atoms with van der Waals surface area (Å²) in [6, 6.07) is 3.00. The van der Waals surface area contributed by atoms with Gasteiger partial charge in [0.2, 0.25) is 17.7 Å². The lowest BCUT2D eigenvalue weighted by molar-refractivity contribution is -0.142. The van der Waals surface area contributed by atoms with Crippen LogP contribution in [0.25, 0.3) is 10.9 Å². The van der Waals surface area contributed by atoms with Crippen LogP contribution in [-0.2, 0) is 30.4 Å². The van der Waals surface area contributed by atoms with E-state index < -0.39 is 54.2 Å². The molecule has 0 aliphatic rings. The summed E-state index contributed by atoms with van der Waals surface area (Å²) in [6.45, 7) is 3.84. The zero-order valence-corrected chi connectivity index (χ0v) is 21.0. The third-order valence-electron chi connectivity index (χ3n) is 5.92. The highest BCUT2D eigenvalue weighted by atomic mass is 16.4. The van der Waals surface area contributed by atoms with E-state index in [1.54, 1.807) is 13.1 Å². The first-order valence-corrected chi connectivity index (χ1v) is 12.2. The summed E-state index contributed by atoms with van der Waals surface area (Å²) in [7, 11) is 0. The SMILES string of the molecule is CC[C@H](N)C(=O)N[C@H](Cc1c[nH]c2cc(C)ccc12)C(=O)NCCC[C@@H](NC(=O)CCC(=O)O)C(=O)O. The summed E-state index contributed by atoms with van der Waals surface area (Å²) >= 11 is 0. The summed E-state index contributed by atoms with van der Waals surface area (Å²) in [5, 5.41) is 26.6. The van der Waals surface area contributed by atoms with Crippen LogP contribution < -0.4 is 21.7 Å². The van der Waals surface area contributed by atoms with Crippen molar-refractivity contribution in [3.05, 3.63) is 35.5 Å². The molecule has 0 spiro atoms. The van der Waals surface area contributed by atoms with Crippen molar-refractivity contribution < 1.29 is 34.2 Å². The number of hydrogen-bond donors (Lipinski definition) is 7. The first-order chi connectivity index (χ1) is 17.5. The second-order valence-electron chi connectivity index (χ2n) is 8.93. The van der Waals surface area contributed by atoms with E-state index in [0.717, 1.165) is 22.0 Å². The molecule has 202 valence electrons. The second kappa shape index (κ2) is 14.0. The molecule has 2 aromatic rings. The van der Waals surface area contributed by atoms with Gasteiger partial charge in [-0.15, -0.1) is 0 Å². The Bertz CT molecular complexity index is 1130. The van der Waals surface area contributed by atoms with E-state index in [1.165, 1.54) is 0 Å². The number of aromatic amines is 1. The Labute approximate surface area is 214 Å². The predicted octanol–water partition coefficient (Wildman–Crippen LogP) is 0.572. The molecule has 1 heterocycles. The number of benzene rings is 1. The molecule has 0 fully saturated rings. The van der Waals surface area contributed by atoms with Crippen molar-refractivity contribution in [3.8, 4) is 0 Å². The molecular formula is C25H35N5O7. The summed E-state index contributed by atoms with van der Waals surface area (Å²) in [5.41, 5.74) is 8.67. The topological polar surface area (TPSA) is 204 Å². The maximum atomic E-state index is 13.0. The normalized spacial score (nSPS) is 13.4. The molecule has 1 aromatic heterocycles. The quantitative estimate of drug-likeness (QED) is 0.166.